The van der Waals surface area contributed by atoms with Crippen molar-refractivity contribution >= 4 is 29.2 Å². The first-order valence-electron chi connectivity index (χ1n) is 7.38. The number of rotatable bonds is 7. The molecule has 0 spiro atoms. The van der Waals surface area contributed by atoms with Crippen molar-refractivity contribution in [2.24, 2.45) is 0 Å². The Morgan fingerprint density at radius 3 is 2.71 bits per heavy atom. The molecule has 0 aliphatic heterocycles. The molecule has 0 aliphatic carbocycles. The topological polar surface area (TPSA) is 91.3 Å². The predicted octanol–water partition coefficient (Wildman–Crippen LogP) is 2.62. The van der Waals surface area contributed by atoms with Crippen LogP contribution in [-0.2, 0) is 16.1 Å². The highest BCUT2D eigenvalue weighted by Gasteiger charge is 2.21. The van der Waals surface area contributed by atoms with E-state index < -0.39 is 17.9 Å². The standard InChI is InChI=1S/C17H18ClN3O3/c1-11-13(18)6-4-7-14(11)21-16(22)9-15(17(23)24)20-10-12-5-2-3-8-19-12/h2-8,15,20H,9-10H2,1H3,(H,21,22)(H,23,24)/t15-/m0/s1. The van der Waals surface area contributed by atoms with Gasteiger partial charge >= 0.3 is 5.97 Å². The van der Waals surface area contributed by atoms with E-state index in [1.54, 1.807) is 43.5 Å². The van der Waals surface area contributed by atoms with Gasteiger partial charge in [-0.1, -0.05) is 23.7 Å². The van der Waals surface area contributed by atoms with Crippen molar-refractivity contribution in [2.75, 3.05) is 5.32 Å². The summed E-state index contributed by atoms with van der Waals surface area (Å²) in [6.07, 6.45) is 1.43. The van der Waals surface area contributed by atoms with E-state index in [1.807, 2.05) is 6.07 Å². The van der Waals surface area contributed by atoms with Crippen molar-refractivity contribution in [3.05, 3.63) is 58.9 Å². The number of carboxylic acids is 1. The van der Waals surface area contributed by atoms with E-state index in [-0.39, 0.29) is 13.0 Å². The zero-order valence-corrected chi connectivity index (χ0v) is 13.9. The van der Waals surface area contributed by atoms with E-state index >= 15 is 0 Å². The summed E-state index contributed by atoms with van der Waals surface area (Å²) in [5, 5.41) is 15.3. The number of pyridine rings is 1. The van der Waals surface area contributed by atoms with Crippen LogP contribution in [-0.4, -0.2) is 28.0 Å². The van der Waals surface area contributed by atoms with E-state index in [0.29, 0.717) is 16.4 Å². The molecule has 2 rings (SSSR count). The highest BCUT2D eigenvalue weighted by molar-refractivity contribution is 6.31. The fraction of sp³-hybridized carbons (Fsp3) is 0.235. The number of benzene rings is 1. The van der Waals surface area contributed by atoms with Gasteiger partial charge in [-0.15, -0.1) is 0 Å². The lowest BCUT2D eigenvalue weighted by Gasteiger charge is -2.15. The Kier molecular flexibility index (Phi) is 6.28. The highest BCUT2D eigenvalue weighted by Crippen LogP contribution is 2.23. The lowest BCUT2D eigenvalue weighted by Crippen LogP contribution is -2.39. The first kappa shape index (κ1) is 17.9. The summed E-state index contributed by atoms with van der Waals surface area (Å²) in [5.41, 5.74) is 2.01. The van der Waals surface area contributed by atoms with Gasteiger partial charge in [-0.3, -0.25) is 19.9 Å². The monoisotopic (exact) mass is 347 g/mol. The van der Waals surface area contributed by atoms with Crippen molar-refractivity contribution in [3.63, 3.8) is 0 Å². The number of hydrogen-bond acceptors (Lipinski definition) is 4. The van der Waals surface area contributed by atoms with Crippen molar-refractivity contribution in [2.45, 2.75) is 25.9 Å². The van der Waals surface area contributed by atoms with Crippen molar-refractivity contribution in [1.82, 2.24) is 10.3 Å². The van der Waals surface area contributed by atoms with E-state index in [2.05, 4.69) is 15.6 Å². The van der Waals surface area contributed by atoms with Crippen LogP contribution in [0.4, 0.5) is 5.69 Å². The van der Waals surface area contributed by atoms with Crippen molar-refractivity contribution in [1.29, 1.82) is 0 Å². The van der Waals surface area contributed by atoms with Crippen LogP contribution >= 0.6 is 11.6 Å². The number of aliphatic carboxylic acids is 1. The summed E-state index contributed by atoms with van der Waals surface area (Å²) in [6, 6.07) is 9.52. The molecule has 3 N–H and O–H groups in total. The zero-order chi connectivity index (χ0) is 17.5. The summed E-state index contributed by atoms with van der Waals surface area (Å²) in [6.45, 7) is 2.05. The Morgan fingerprint density at radius 2 is 2.04 bits per heavy atom. The molecule has 24 heavy (non-hydrogen) atoms. The number of hydrogen-bond donors (Lipinski definition) is 3. The second-order valence-electron chi connectivity index (χ2n) is 5.26. The molecule has 0 radical (unpaired) electrons. The molecule has 0 bridgehead atoms. The van der Waals surface area contributed by atoms with Crippen LogP contribution < -0.4 is 10.6 Å². The van der Waals surface area contributed by atoms with Gasteiger partial charge in [-0.05, 0) is 36.8 Å². The van der Waals surface area contributed by atoms with Gasteiger partial charge in [0.1, 0.15) is 6.04 Å². The Hall–Kier alpha value is -2.44. The quantitative estimate of drug-likeness (QED) is 0.716. The Labute approximate surface area is 144 Å². The van der Waals surface area contributed by atoms with Crippen LogP contribution in [0.5, 0.6) is 0 Å². The van der Waals surface area contributed by atoms with Gasteiger partial charge in [-0.25, -0.2) is 0 Å². The van der Waals surface area contributed by atoms with E-state index in [4.69, 9.17) is 11.6 Å². The third kappa shape index (κ3) is 5.04. The molecule has 0 saturated carbocycles. The number of anilines is 1. The number of amides is 1. The molecular weight excluding hydrogens is 330 g/mol. The van der Waals surface area contributed by atoms with Crippen molar-refractivity contribution < 1.29 is 14.7 Å². The van der Waals surface area contributed by atoms with E-state index in [1.165, 1.54) is 0 Å². The van der Waals surface area contributed by atoms with Crippen molar-refractivity contribution in [3.8, 4) is 0 Å². The van der Waals surface area contributed by atoms with Crippen LogP contribution in [0.25, 0.3) is 0 Å². The van der Waals surface area contributed by atoms with E-state index in [0.717, 1.165) is 5.56 Å². The van der Waals surface area contributed by atoms with Crippen LogP contribution in [0.1, 0.15) is 17.7 Å². The lowest BCUT2D eigenvalue weighted by atomic mass is 10.1. The second kappa shape index (κ2) is 8.42. The first-order chi connectivity index (χ1) is 11.5. The predicted molar refractivity (Wildman–Crippen MR) is 91.9 cm³/mol. The van der Waals surface area contributed by atoms with Crippen LogP contribution in [0, 0.1) is 6.92 Å². The molecule has 6 nitrogen and oxygen atoms in total. The molecule has 1 heterocycles. The number of carboxylic acid groups (broad SMARTS) is 1. The Balaban J connectivity index is 1.95. The summed E-state index contributed by atoms with van der Waals surface area (Å²) < 4.78 is 0. The third-order valence-corrected chi connectivity index (χ3v) is 3.89. The zero-order valence-electron chi connectivity index (χ0n) is 13.1. The van der Waals surface area contributed by atoms with Gasteiger partial charge in [0.25, 0.3) is 0 Å². The SMILES string of the molecule is Cc1c(Cl)cccc1NC(=O)C[C@H](NCc1ccccn1)C(=O)O. The molecule has 1 aromatic heterocycles. The van der Waals surface area contributed by atoms with Crippen LogP contribution in [0.3, 0.4) is 0 Å². The first-order valence-corrected chi connectivity index (χ1v) is 7.76. The molecule has 0 unspecified atom stereocenters. The molecule has 0 aliphatic rings. The minimum Gasteiger partial charge on any atom is -0.480 e. The molecule has 1 amide bonds. The Bertz CT molecular complexity index is 722. The van der Waals surface area contributed by atoms with Crippen LogP contribution in [0.2, 0.25) is 5.02 Å². The highest BCUT2D eigenvalue weighted by atomic mass is 35.5. The van der Waals surface area contributed by atoms with E-state index in [9.17, 15) is 14.7 Å². The van der Waals surface area contributed by atoms with Gasteiger partial charge in [0.15, 0.2) is 0 Å². The summed E-state index contributed by atoms with van der Waals surface area (Å²) in [5.74, 6) is -1.50. The normalized spacial score (nSPS) is 11.8. The van der Waals surface area contributed by atoms with Gasteiger partial charge in [-0.2, -0.15) is 0 Å². The lowest BCUT2D eigenvalue weighted by molar-refractivity contribution is -0.141. The van der Waals surface area contributed by atoms with Gasteiger partial charge < -0.3 is 10.4 Å². The molecule has 0 fully saturated rings. The Morgan fingerprint density at radius 1 is 1.25 bits per heavy atom. The molecular formula is C17H18ClN3O3. The number of nitrogens with zero attached hydrogens (tertiary/aromatic N) is 1. The fourth-order valence-corrected chi connectivity index (χ4v) is 2.28. The molecule has 1 atom stereocenters. The minimum atomic E-state index is -1.09. The number of carbonyl (C=O) groups excluding carboxylic acids is 1. The average Bonchev–Trinajstić information content (AvgIpc) is 2.56. The summed E-state index contributed by atoms with van der Waals surface area (Å²) in [7, 11) is 0. The molecule has 0 saturated heterocycles. The van der Waals surface area contributed by atoms with Gasteiger partial charge in [0, 0.05) is 23.5 Å². The number of halogens is 1. The largest absolute Gasteiger partial charge is 0.480 e. The maximum absolute atomic E-state index is 12.1. The van der Waals surface area contributed by atoms with Gasteiger partial charge in [0.05, 0.1) is 12.1 Å². The summed E-state index contributed by atoms with van der Waals surface area (Å²) in [4.78, 5) is 27.6. The third-order valence-electron chi connectivity index (χ3n) is 3.49. The summed E-state index contributed by atoms with van der Waals surface area (Å²) >= 11 is 6.01. The maximum atomic E-state index is 12.1. The van der Waals surface area contributed by atoms with Gasteiger partial charge in [0.2, 0.25) is 5.91 Å². The average molecular weight is 348 g/mol. The number of aromatic nitrogens is 1. The molecule has 7 heteroatoms. The molecule has 126 valence electrons. The van der Waals surface area contributed by atoms with Crippen LogP contribution in [0.15, 0.2) is 42.6 Å². The molecule has 1 aromatic carbocycles. The minimum absolute atomic E-state index is 0.200. The number of nitrogens with one attached hydrogen (secondary N) is 2. The smallest absolute Gasteiger partial charge is 0.321 e. The number of carbonyl (C=O) groups is 2. The second-order valence-corrected chi connectivity index (χ2v) is 5.66. The fourth-order valence-electron chi connectivity index (χ4n) is 2.11. The maximum Gasteiger partial charge on any atom is 0.321 e. The molecule has 2 aromatic rings.